The molecule has 4 rings (SSSR count). The van der Waals surface area contributed by atoms with Crippen LogP contribution in [0.25, 0.3) is 16.9 Å². The Kier molecular flexibility index (Phi) is 7.77. The number of fused-ring (bicyclic) bond motifs is 1. The van der Waals surface area contributed by atoms with Crippen LogP contribution in [0, 0.1) is 0 Å². The Morgan fingerprint density at radius 3 is 2.69 bits per heavy atom. The number of anilines is 1. The molecule has 3 heterocycles. The molecule has 186 valence electrons. The second-order valence-corrected chi connectivity index (χ2v) is 8.38. The number of rotatable bonds is 9. The zero-order chi connectivity index (χ0) is 25.7. The number of carbonyl (C=O) groups is 2. The predicted octanol–water partition coefficient (Wildman–Crippen LogP) is 3.66. The molecule has 0 radical (unpaired) electrons. The Balaban J connectivity index is 1.49. The highest BCUT2D eigenvalue weighted by Gasteiger charge is 2.17. The molecular weight excluding hydrogens is 484 g/mol. The van der Waals surface area contributed by atoms with Gasteiger partial charge in [0.25, 0.3) is 5.91 Å². The van der Waals surface area contributed by atoms with Gasteiger partial charge in [0.05, 0.1) is 25.1 Å². The molecule has 0 fully saturated rings. The number of nitrogens with zero attached hydrogens (tertiary/aromatic N) is 4. The summed E-state index contributed by atoms with van der Waals surface area (Å²) in [7, 11) is 1.44. The first-order valence-corrected chi connectivity index (χ1v) is 11.7. The first-order chi connectivity index (χ1) is 17.4. The van der Waals surface area contributed by atoms with E-state index in [4.69, 9.17) is 16.3 Å². The van der Waals surface area contributed by atoms with Crippen LogP contribution in [0.15, 0.2) is 54.9 Å². The minimum Gasteiger partial charge on any atom is -0.480 e. The average molecular weight is 509 g/mol. The number of nitrogens with one attached hydrogen (secondary N) is 2. The summed E-state index contributed by atoms with van der Waals surface area (Å²) in [5.74, 6) is 0.0371. The molecule has 3 aromatic heterocycles. The van der Waals surface area contributed by atoms with Crippen molar-refractivity contribution in [3.8, 4) is 17.1 Å². The summed E-state index contributed by atoms with van der Waals surface area (Å²) in [6.07, 6.45) is 3.09. The van der Waals surface area contributed by atoms with Crippen molar-refractivity contribution in [2.45, 2.75) is 25.9 Å². The zero-order valence-corrected chi connectivity index (χ0v) is 20.5. The molecule has 10 nitrogen and oxygen atoms in total. The minimum absolute atomic E-state index is 0.144. The van der Waals surface area contributed by atoms with Crippen LogP contribution in [0.5, 0.6) is 5.88 Å². The van der Waals surface area contributed by atoms with E-state index in [-0.39, 0.29) is 23.9 Å². The van der Waals surface area contributed by atoms with E-state index in [9.17, 15) is 14.7 Å². The summed E-state index contributed by atoms with van der Waals surface area (Å²) in [4.78, 5) is 33.1. The lowest BCUT2D eigenvalue weighted by Crippen LogP contribution is -2.26. The SMILES string of the molecule is CCC(=O)Nc1cn2nc(-c3cnc(OC)c(C(=O)NCC[C@H](O)c4ccc(Cl)cc4)c3)ccc2n1. The highest BCUT2D eigenvalue weighted by Crippen LogP contribution is 2.24. The topological polar surface area (TPSA) is 131 Å². The van der Waals surface area contributed by atoms with Gasteiger partial charge < -0.3 is 20.5 Å². The number of halogens is 1. The fraction of sp³-hybridized carbons (Fsp3) is 0.240. The van der Waals surface area contributed by atoms with Crippen molar-refractivity contribution in [1.29, 1.82) is 0 Å². The maximum absolute atomic E-state index is 12.9. The number of aliphatic hydroxyl groups is 1. The molecule has 11 heteroatoms. The van der Waals surface area contributed by atoms with Crippen molar-refractivity contribution in [3.05, 3.63) is 71.0 Å². The highest BCUT2D eigenvalue weighted by atomic mass is 35.5. The summed E-state index contributed by atoms with van der Waals surface area (Å²) in [5.41, 5.74) is 2.66. The van der Waals surface area contributed by atoms with Crippen LogP contribution in [-0.2, 0) is 4.79 Å². The molecule has 0 saturated heterocycles. The lowest BCUT2D eigenvalue weighted by molar-refractivity contribution is -0.115. The summed E-state index contributed by atoms with van der Waals surface area (Å²) in [6, 6.07) is 12.1. The maximum atomic E-state index is 12.9. The Bertz CT molecular complexity index is 1390. The van der Waals surface area contributed by atoms with Crippen LogP contribution in [0.3, 0.4) is 0 Å². The molecule has 3 N–H and O–H groups in total. The number of aliphatic hydroxyl groups excluding tert-OH is 1. The third kappa shape index (κ3) is 5.78. The molecule has 1 atom stereocenters. The van der Waals surface area contributed by atoms with E-state index in [0.29, 0.717) is 46.2 Å². The normalized spacial score (nSPS) is 11.8. The molecular formula is C25H25ClN6O4. The van der Waals surface area contributed by atoms with Gasteiger partial charge in [0.15, 0.2) is 11.5 Å². The number of imidazole rings is 1. The summed E-state index contributed by atoms with van der Waals surface area (Å²) in [6.45, 7) is 2.00. The Hall–Kier alpha value is -4.02. The van der Waals surface area contributed by atoms with Gasteiger partial charge in [-0.15, -0.1) is 0 Å². The molecule has 0 spiro atoms. The molecule has 0 saturated carbocycles. The van der Waals surface area contributed by atoms with Crippen molar-refractivity contribution < 1.29 is 19.4 Å². The van der Waals surface area contributed by atoms with Crippen molar-refractivity contribution in [1.82, 2.24) is 24.9 Å². The molecule has 0 aliphatic heterocycles. The van der Waals surface area contributed by atoms with Gasteiger partial charge in [0.1, 0.15) is 5.56 Å². The first-order valence-electron chi connectivity index (χ1n) is 11.3. The molecule has 36 heavy (non-hydrogen) atoms. The maximum Gasteiger partial charge on any atom is 0.256 e. The van der Waals surface area contributed by atoms with Crippen molar-refractivity contribution in [3.63, 3.8) is 0 Å². The smallest absolute Gasteiger partial charge is 0.256 e. The average Bonchev–Trinajstić information content (AvgIpc) is 3.29. The van der Waals surface area contributed by atoms with E-state index in [0.717, 1.165) is 0 Å². The molecule has 4 aromatic rings. The fourth-order valence-electron chi connectivity index (χ4n) is 3.51. The van der Waals surface area contributed by atoms with Crippen LogP contribution in [0.2, 0.25) is 5.02 Å². The first kappa shape index (κ1) is 25.1. The van der Waals surface area contributed by atoms with Gasteiger partial charge in [-0.3, -0.25) is 9.59 Å². The van der Waals surface area contributed by atoms with Crippen LogP contribution in [-0.4, -0.2) is 50.2 Å². The largest absolute Gasteiger partial charge is 0.480 e. The van der Waals surface area contributed by atoms with E-state index in [2.05, 4.69) is 25.7 Å². The van der Waals surface area contributed by atoms with Crippen LogP contribution in [0.4, 0.5) is 5.82 Å². The fourth-order valence-corrected chi connectivity index (χ4v) is 3.64. The second-order valence-electron chi connectivity index (χ2n) is 7.94. The Labute approximate surface area is 212 Å². The second kappa shape index (κ2) is 11.1. The van der Waals surface area contributed by atoms with Crippen molar-refractivity contribution in [2.24, 2.45) is 0 Å². The van der Waals surface area contributed by atoms with Gasteiger partial charge in [-0.2, -0.15) is 5.10 Å². The van der Waals surface area contributed by atoms with Crippen molar-refractivity contribution >= 4 is 34.9 Å². The Morgan fingerprint density at radius 1 is 1.19 bits per heavy atom. The van der Waals surface area contributed by atoms with Crippen LogP contribution >= 0.6 is 11.6 Å². The van der Waals surface area contributed by atoms with Gasteiger partial charge in [-0.1, -0.05) is 30.7 Å². The number of aromatic nitrogens is 4. The van der Waals surface area contributed by atoms with Gasteiger partial charge in [0, 0.05) is 29.7 Å². The number of ether oxygens (including phenoxy) is 1. The molecule has 0 unspecified atom stereocenters. The van der Waals surface area contributed by atoms with Gasteiger partial charge >= 0.3 is 0 Å². The number of hydrogen-bond donors (Lipinski definition) is 3. The molecule has 2 amide bonds. The van der Waals surface area contributed by atoms with E-state index in [1.807, 2.05) is 0 Å². The van der Waals surface area contributed by atoms with Crippen LogP contribution < -0.4 is 15.4 Å². The van der Waals surface area contributed by atoms with Crippen molar-refractivity contribution in [2.75, 3.05) is 19.0 Å². The predicted molar refractivity (Wildman–Crippen MR) is 135 cm³/mol. The Morgan fingerprint density at radius 2 is 1.97 bits per heavy atom. The summed E-state index contributed by atoms with van der Waals surface area (Å²) < 4.78 is 6.82. The van der Waals surface area contributed by atoms with E-state index in [1.54, 1.807) is 66.3 Å². The van der Waals surface area contributed by atoms with Crippen LogP contribution in [0.1, 0.15) is 41.8 Å². The highest BCUT2D eigenvalue weighted by molar-refractivity contribution is 6.30. The number of hydrogen-bond acceptors (Lipinski definition) is 7. The molecule has 0 aliphatic carbocycles. The number of methoxy groups -OCH3 is 1. The lowest BCUT2D eigenvalue weighted by atomic mass is 10.1. The number of amides is 2. The number of pyridine rings is 1. The minimum atomic E-state index is -0.743. The molecule has 0 aliphatic rings. The third-order valence-corrected chi connectivity index (χ3v) is 5.70. The van der Waals surface area contributed by atoms with Gasteiger partial charge in [-0.25, -0.2) is 14.5 Å². The van der Waals surface area contributed by atoms with Gasteiger partial charge in [0.2, 0.25) is 11.8 Å². The standard InChI is InChI=1S/C25H25ClN6O4/c1-3-23(34)30-21-14-32-22(29-21)9-8-19(31-32)16-12-18(25(36-2)28-13-16)24(35)27-11-10-20(33)15-4-6-17(26)7-5-15/h4-9,12-14,20,33H,3,10-11H2,1-2H3,(H,27,35)(H,30,34)/t20-/m0/s1. The summed E-state index contributed by atoms with van der Waals surface area (Å²) >= 11 is 5.89. The molecule has 0 bridgehead atoms. The summed E-state index contributed by atoms with van der Waals surface area (Å²) in [5, 5.41) is 21.0. The third-order valence-electron chi connectivity index (χ3n) is 5.45. The van der Waals surface area contributed by atoms with E-state index >= 15 is 0 Å². The molecule has 1 aromatic carbocycles. The zero-order valence-electron chi connectivity index (χ0n) is 19.7. The lowest BCUT2D eigenvalue weighted by Gasteiger charge is -2.13. The van der Waals surface area contributed by atoms with E-state index in [1.165, 1.54) is 7.11 Å². The monoisotopic (exact) mass is 508 g/mol. The van der Waals surface area contributed by atoms with E-state index < -0.39 is 12.0 Å². The number of benzene rings is 1. The number of carbonyl (C=O) groups excluding carboxylic acids is 2. The van der Waals surface area contributed by atoms with Gasteiger partial charge in [-0.05, 0) is 42.3 Å². The quantitative estimate of drug-likeness (QED) is 0.314.